The van der Waals surface area contributed by atoms with Gasteiger partial charge in [0, 0.05) is 18.0 Å². The van der Waals surface area contributed by atoms with Crippen LogP contribution in [0, 0.1) is 6.92 Å². The Bertz CT molecular complexity index is 646. The molecule has 0 bridgehead atoms. The Morgan fingerprint density at radius 2 is 2.22 bits per heavy atom. The number of hydrogen-bond donors (Lipinski definition) is 0. The molecule has 0 amide bonds. The number of aromatic nitrogens is 2. The Labute approximate surface area is 104 Å². The quantitative estimate of drug-likeness (QED) is 0.761. The molecule has 0 aliphatic rings. The van der Waals surface area contributed by atoms with Crippen molar-refractivity contribution in [3.05, 3.63) is 46.0 Å². The molecule has 2 aromatic rings. The lowest BCUT2D eigenvalue weighted by Crippen LogP contribution is -2.22. The Morgan fingerprint density at radius 3 is 2.94 bits per heavy atom. The zero-order valence-electron chi connectivity index (χ0n) is 10.3. The van der Waals surface area contributed by atoms with Crippen molar-refractivity contribution in [1.82, 2.24) is 9.38 Å². The highest BCUT2D eigenvalue weighted by atomic mass is 16.5. The molecule has 5 heteroatoms. The van der Waals surface area contributed by atoms with Gasteiger partial charge in [-0.05, 0) is 25.5 Å². The van der Waals surface area contributed by atoms with Crippen LogP contribution in [0.1, 0.15) is 18.1 Å². The van der Waals surface area contributed by atoms with E-state index in [1.54, 1.807) is 19.2 Å². The van der Waals surface area contributed by atoms with E-state index < -0.39 is 5.97 Å². The van der Waals surface area contributed by atoms with Gasteiger partial charge < -0.3 is 4.74 Å². The molecule has 0 radical (unpaired) electrons. The molecule has 0 saturated carbocycles. The maximum Gasteiger partial charge on any atom is 0.310 e. The summed E-state index contributed by atoms with van der Waals surface area (Å²) < 4.78 is 6.27. The first-order chi connectivity index (χ1) is 8.61. The summed E-state index contributed by atoms with van der Waals surface area (Å²) in [5.74, 6) is -0.413. The van der Waals surface area contributed by atoms with Crippen LogP contribution in [-0.2, 0) is 16.0 Å². The van der Waals surface area contributed by atoms with Gasteiger partial charge in [0.2, 0.25) is 0 Å². The second-order valence-electron chi connectivity index (χ2n) is 4.01. The van der Waals surface area contributed by atoms with Crippen LogP contribution in [0.3, 0.4) is 0 Å². The van der Waals surface area contributed by atoms with E-state index in [-0.39, 0.29) is 12.0 Å². The topological polar surface area (TPSA) is 60.7 Å². The Morgan fingerprint density at radius 1 is 1.44 bits per heavy atom. The van der Waals surface area contributed by atoms with Crippen molar-refractivity contribution in [3.63, 3.8) is 0 Å². The first kappa shape index (κ1) is 12.3. The average Bonchev–Trinajstić information content (AvgIpc) is 2.34. The van der Waals surface area contributed by atoms with Crippen molar-refractivity contribution >= 4 is 11.6 Å². The number of carbonyl (C=O) groups is 1. The fourth-order valence-electron chi connectivity index (χ4n) is 1.71. The minimum atomic E-state index is -0.413. The van der Waals surface area contributed by atoms with Crippen LogP contribution >= 0.6 is 0 Å². The molecule has 0 aliphatic carbocycles. The summed E-state index contributed by atoms with van der Waals surface area (Å²) in [5.41, 5.74) is 1.64. The number of hydrogen-bond acceptors (Lipinski definition) is 4. The van der Waals surface area contributed by atoms with Crippen LogP contribution in [0.15, 0.2) is 29.3 Å². The number of carbonyl (C=O) groups excluding carboxylic acids is 1. The molecule has 18 heavy (non-hydrogen) atoms. The van der Waals surface area contributed by atoms with E-state index in [4.69, 9.17) is 4.74 Å². The number of nitrogens with zero attached hydrogens (tertiary/aromatic N) is 2. The maximum atomic E-state index is 12.1. The summed E-state index contributed by atoms with van der Waals surface area (Å²) in [6, 6.07) is 3.65. The van der Waals surface area contributed by atoms with Gasteiger partial charge in [0.25, 0.3) is 5.56 Å². The molecule has 2 aromatic heterocycles. The zero-order chi connectivity index (χ0) is 13.1. The van der Waals surface area contributed by atoms with E-state index in [0.29, 0.717) is 17.8 Å². The van der Waals surface area contributed by atoms with Crippen molar-refractivity contribution in [2.75, 3.05) is 6.61 Å². The summed E-state index contributed by atoms with van der Waals surface area (Å²) in [6.07, 6.45) is 3.10. The van der Waals surface area contributed by atoms with Gasteiger partial charge >= 0.3 is 5.97 Å². The molecule has 0 atom stereocenters. The molecular formula is C13H14N2O3. The normalized spacial score (nSPS) is 10.6. The molecule has 5 nitrogen and oxygen atoms in total. The van der Waals surface area contributed by atoms with E-state index in [9.17, 15) is 9.59 Å². The minimum Gasteiger partial charge on any atom is -0.466 e. The Balaban J connectivity index is 2.44. The molecule has 0 spiro atoms. The number of esters is 1. The van der Waals surface area contributed by atoms with Crippen LogP contribution in [-0.4, -0.2) is 22.0 Å². The molecule has 2 rings (SSSR count). The third-order valence-electron chi connectivity index (χ3n) is 2.56. The fraction of sp³-hybridized carbons (Fsp3) is 0.308. The Kier molecular flexibility index (Phi) is 3.41. The molecule has 0 saturated heterocycles. The van der Waals surface area contributed by atoms with Crippen molar-refractivity contribution in [2.45, 2.75) is 20.3 Å². The lowest BCUT2D eigenvalue weighted by molar-refractivity contribution is -0.142. The van der Waals surface area contributed by atoms with Gasteiger partial charge in [-0.25, -0.2) is 4.98 Å². The van der Waals surface area contributed by atoms with Crippen LogP contribution in [0.4, 0.5) is 0 Å². The molecule has 94 valence electrons. The molecule has 0 fully saturated rings. The standard InChI is InChI=1S/C13H14N2O3/c1-3-18-12(16)6-10-7-14-11-5-4-9(2)8-15(11)13(10)17/h4-5,7-8H,3,6H2,1-2H3. The van der Waals surface area contributed by atoms with E-state index in [1.807, 2.05) is 13.0 Å². The number of pyridine rings is 1. The summed E-state index contributed by atoms with van der Waals surface area (Å²) in [4.78, 5) is 27.7. The monoisotopic (exact) mass is 246 g/mol. The number of ether oxygens (including phenoxy) is 1. The SMILES string of the molecule is CCOC(=O)Cc1cnc2ccc(C)cn2c1=O. The Hall–Kier alpha value is -2.17. The van der Waals surface area contributed by atoms with Gasteiger partial charge in [0.1, 0.15) is 5.65 Å². The third kappa shape index (κ3) is 2.40. The molecule has 2 heterocycles. The van der Waals surface area contributed by atoms with Gasteiger partial charge in [-0.15, -0.1) is 0 Å². The van der Waals surface area contributed by atoms with Crippen LogP contribution in [0.2, 0.25) is 0 Å². The largest absolute Gasteiger partial charge is 0.466 e. The van der Waals surface area contributed by atoms with E-state index >= 15 is 0 Å². The van der Waals surface area contributed by atoms with Crippen molar-refractivity contribution < 1.29 is 9.53 Å². The molecule has 0 aliphatic heterocycles. The van der Waals surface area contributed by atoms with Gasteiger partial charge in [-0.3, -0.25) is 14.0 Å². The highest BCUT2D eigenvalue weighted by molar-refractivity contribution is 5.72. The predicted octanol–water partition coefficient (Wildman–Crippen LogP) is 1.11. The predicted molar refractivity (Wildman–Crippen MR) is 66.5 cm³/mol. The number of aryl methyl sites for hydroxylation is 1. The first-order valence-corrected chi connectivity index (χ1v) is 5.74. The summed E-state index contributed by atoms with van der Waals surface area (Å²) >= 11 is 0. The van der Waals surface area contributed by atoms with Gasteiger partial charge in [-0.1, -0.05) is 6.07 Å². The van der Waals surface area contributed by atoms with Crippen molar-refractivity contribution in [3.8, 4) is 0 Å². The number of rotatable bonds is 3. The van der Waals surface area contributed by atoms with Crippen molar-refractivity contribution in [2.24, 2.45) is 0 Å². The molecule has 0 unspecified atom stereocenters. The zero-order valence-corrected chi connectivity index (χ0v) is 10.3. The van der Waals surface area contributed by atoms with Crippen LogP contribution in [0.5, 0.6) is 0 Å². The van der Waals surface area contributed by atoms with Gasteiger partial charge in [-0.2, -0.15) is 0 Å². The number of fused-ring (bicyclic) bond motifs is 1. The smallest absolute Gasteiger partial charge is 0.310 e. The minimum absolute atomic E-state index is 0.0451. The maximum absolute atomic E-state index is 12.1. The lowest BCUT2D eigenvalue weighted by atomic mass is 10.2. The lowest BCUT2D eigenvalue weighted by Gasteiger charge is -2.05. The summed E-state index contributed by atoms with van der Waals surface area (Å²) in [5, 5.41) is 0. The van der Waals surface area contributed by atoms with E-state index in [1.165, 1.54) is 10.6 Å². The average molecular weight is 246 g/mol. The molecule has 0 N–H and O–H groups in total. The second kappa shape index (κ2) is 5.00. The molecular weight excluding hydrogens is 232 g/mol. The highest BCUT2D eigenvalue weighted by Gasteiger charge is 2.10. The van der Waals surface area contributed by atoms with E-state index in [0.717, 1.165) is 5.56 Å². The van der Waals surface area contributed by atoms with E-state index in [2.05, 4.69) is 4.98 Å². The summed E-state index contributed by atoms with van der Waals surface area (Å²) in [7, 11) is 0. The van der Waals surface area contributed by atoms with Crippen LogP contribution in [0.25, 0.3) is 5.65 Å². The fourth-order valence-corrected chi connectivity index (χ4v) is 1.71. The van der Waals surface area contributed by atoms with Gasteiger partial charge in [0.05, 0.1) is 13.0 Å². The third-order valence-corrected chi connectivity index (χ3v) is 2.56. The first-order valence-electron chi connectivity index (χ1n) is 5.74. The van der Waals surface area contributed by atoms with Gasteiger partial charge in [0.15, 0.2) is 0 Å². The highest BCUT2D eigenvalue weighted by Crippen LogP contribution is 2.02. The van der Waals surface area contributed by atoms with Crippen LogP contribution < -0.4 is 5.56 Å². The second-order valence-corrected chi connectivity index (χ2v) is 4.01. The summed E-state index contributed by atoms with van der Waals surface area (Å²) in [6.45, 7) is 3.93. The molecule has 0 aromatic carbocycles. The van der Waals surface area contributed by atoms with Crippen molar-refractivity contribution in [1.29, 1.82) is 0 Å².